The summed E-state index contributed by atoms with van der Waals surface area (Å²) < 4.78 is 43.5. The van der Waals surface area contributed by atoms with Crippen LogP contribution in [0.5, 0.6) is 0 Å². The van der Waals surface area contributed by atoms with E-state index in [1.54, 1.807) is 5.32 Å². The fourth-order valence-corrected chi connectivity index (χ4v) is 2.90. The molecule has 0 unspecified atom stereocenters. The summed E-state index contributed by atoms with van der Waals surface area (Å²) in [6, 6.07) is 0. The van der Waals surface area contributed by atoms with Gasteiger partial charge < -0.3 is 30.6 Å². The Kier molecular flexibility index (Phi) is 5.51. The number of carbonyl (C=O) groups excluding carboxylic acids is 1. The van der Waals surface area contributed by atoms with Gasteiger partial charge >= 0.3 is 12.1 Å². The highest BCUT2D eigenvalue weighted by Crippen LogP contribution is 2.32. The lowest BCUT2D eigenvalue weighted by Gasteiger charge is -2.14. The van der Waals surface area contributed by atoms with Gasteiger partial charge in [0.25, 0.3) is 5.56 Å². The molecule has 1 saturated heterocycles. The van der Waals surface area contributed by atoms with Crippen molar-refractivity contribution in [2.45, 2.75) is 31.0 Å². The number of nitrogens with zero attached hydrogens (tertiary/aromatic N) is 2. The van der Waals surface area contributed by atoms with Gasteiger partial charge in [-0.25, -0.2) is 0 Å². The van der Waals surface area contributed by atoms with E-state index in [1.165, 1.54) is 10.8 Å². The normalized spacial score (nSPS) is 21.8. The van der Waals surface area contributed by atoms with E-state index in [0.717, 1.165) is 0 Å². The molecule has 0 aromatic carbocycles. The van der Waals surface area contributed by atoms with Gasteiger partial charge in [0.2, 0.25) is 5.95 Å². The summed E-state index contributed by atoms with van der Waals surface area (Å²) in [5, 5.41) is 20.8. The molecular formula is C16H16F3N5O5. The molecule has 0 spiro atoms. The monoisotopic (exact) mass is 415 g/mol. The molecule has 29 heavy (non-hydrogen) atoms. The van der Waals surface area contributed by atoms with E-state index >= 15 is 0 Å². The Hall–Kier alpha value is -3.08. The molecule has 1 aliphatic rings. The van der Waals surface area contributed by atoms with Crippen LogP contribution >= 0.6 is 0 Å². The van der Waals surface area contributed by atoms with Crippen LogP contribution in [0.3, 0.4) is 0 Å². The van der Waals surface area contributed by atoms with Gasteiger partial charge in [-0.05, 0) is 0 Å². The fourth-order valence-electron chi connectivity index (χ4n) is 2.90. The SMILES string of the molecule is Nc1nc2c(c(C#CCNC(=O)C(F)(F)F)cn2[C@@H]2C[C@H](O)[C@@H](CO)O2)c(=O)[nH]1. The molecule has 6 N–H and O–H groups in total. The third-order valence-corrected chi connectivity index (χ3v) is 4.21. The molecule has 13 heteroatoms. The minimum absolute atomic E-state index is 0.0133. The maximum atomic E-state index is 12.3. The van der Waals surface area contributed by atoms with Crippen LogP contribution in [0.2, 0.25) is 0 Å². The van der Waals surface area contributed by atoms with Crippen molar-refractivity contribution < 1.29 is 32.9 Å². The van der Waals surface area contributed by atoms with Crippen LogP contribution < -0.4 is 16.6 Å². The number of fused-ring (bicyclic) bond motifs is 1. The largest absolute Gasteiger partial charge is 0.471 e. The van der Waals surface area contributed by atoms with Gasteiger partial charge in [0.15, 0.2) is 5.65 Å². The number of halogens is 3. The molecule has 0 radical (unpaired) electrons. The van der Waals surface area contributed by atoms with Crippen molar-refractivity contribution in [3.8, 4) is 11.8 Å². The third kappa shape index (κ3) is 4.19. The van der Waals surface area contributed by atoms with Crippen LogP contribution in [0.15, 0.2) is 11.0 Å². The van der Waals surface area contributed by atoms with Crippen LogP contribution in [0.25, 0.3) is 11.0 Å². The molecule has 2 aromatic rings. The number of rotatable bonds is 3. The number of hydrogen-bond acceptors (Lipinski definition) is 7. The molecule has 3 atom stereocenters. The molecule has 156 valence electrons. The van der Waals surface area contributed by atoms with Crippen LogP contribution in [-0.2, 0) is 9.53 Å². The minimum atomic E-state index is -5.03. The number of nitrogen functional groups attached to an aromatic ring is 1. The van der Waals surface area contributed by atoms with E-state index in [4.69, 9.17) is 10.5 Å². The van der Waals surface area contributed by atoms with Crippen molar-refractivity contribution in [3.05, 3.63) is 22.1 Å². The summed E-state index contributed by atoms with van der Waals surface area (Å²) in [5.41, 5.74) is 5.15. The zero-order chi connectivity index (χ0) is 21.3. The number of H-pyrrole nitrogens is 1. The predicted octanol–water partition coefficient (Wildman–Crippen LogP) is -1.02. The van der Waals surface area contributed by atoms with Crippen LogP contribution in [0.1, 0.15) is 18.2 Å². The number of amides is 1. The standard InChI is InChI=1S/C16H16F3N5O5/c17-16(18,19)14(28)21-3-1-2-7-5-24(10-4-8(26)9(6-25)29-10)12-11(7)13(27)23-15(20)22-12/h5,8-10,25-26H,3-4,6H2,(H,21,28)(H3,20,22,23,27)/t8-,9+,10-/m0/s1. The lowest BCUT2D eigenvalue weighted by molar-refractivity contribution is -0.173. The van der Waals surface area contributed by atoms with Crippen molar-refractivity contribution in [3.63, 3.8) is 0 Å². The highest BCUT2D eigenvalue weighted by Gasteiger charge is 2.38. The molecule has 0 aliphatic carbocycles. The molecule has 2 aromatic heterocycles. The Morgan fingerprint density at radius 2 is 2.24 bits per heavy atom. The number of aliphatic hydroxyl groups is 2. The maximum absolute atomic E-state index is 12.3. The Morgan fingerprint density at radius 3 is 2.86 bits per heavy atom. The second kappa shape index (κ2) is 7.74. The van der Waals surface area contributed by atoms with E-state index in [-0.39, 0.29) is 29.0 Å². The summed E-state index contributed by atoms with van der Waals surface area (Å²) >= 11 is 0. The fraction of sp³-hybridized carbons (Fsp3) is 0.438. The highest BCUT2D eigenvalue weighted by atomic mass is 19.4. The molecular weight excluding hydrogens is 399 g/mol. The Morgan fingerprint density at radius 1 is 1.52 bits per heavy atom. The lowest BCUT2D eigenvalue weighted by atomic mass is 10.2. The molecule has 1 fully saturated rings. The second-order valence-corrected chi connectivity index (χ2v) is 6.20. The average molecular weight is 415 g/mol. The summed E-state index contributed by atoms with van der Waals surface area (Å²) in [6.45, 7) is -1.02. The van der Waals surface area contributed by atoms with E-state index in [2.05, 4.69) is 21.8 Å². The van der Waals surface area contributed by atoms with Gasteiger partial charge in [-0.1, -0.05) is 11.8 Å². The molecule has 3 rings (SSSR count). The Bertz CT molecular complexity index is 1050. The number of hydrogen-bond donors (Lipinski definition) is 5. The molecule has 0 saturated carbocycles. The van der Waals surface area contributed by atoms with Crippen molar-refractivity contribution in [1.29, 1.82) is 0 Å². The Balaban J connectivity index is 1.94. The Labute approximate surface area is 160 Å². The number of carbonyl (C=O) groups is 1. The van der Waals surface area contributed by atoms with E-state index in [9.17, 15) is 33.0 Å². The molecule has 1 aliphatic heterocycles. The first-order valence-corrected chi connectivity index (χ1v) is 8.30. The number of anilines is 1. The van der Waals surface area contributed by atoms with E-state index < -0.39 is 49.2 Å². The van der Waals surface area contributed by atoms with Crippen LogP contribution in [-0.4, -0.2) is 62.2 Å². The van der Waals surface area contributed by atoms with Crippen molar-refractivity contribution in [2.75, 3.05) is 18.9 Å². The number of alkyl halides is 3. The minimum Gasteiger partial charge on any atom is -0.394 e. The maximum Gasteiger partial charge on any atom is 0.471 e. The topological polar surface area (TPSA) is 155 Å². The zero-order valence-corrected chi connectivity index (χ0v) is 14.7. The second-order valence-electron chi connectivity index (χ2n) is 6.20. The van der Waals surface area contributed by atoms with Gasteiger partial charge in [0.05, 0.1) is 30.2 Å². The van der Waals surface area contributed by atoms with Crippen molar-refractivity contribution >= 4 is 22.9 Å². The average Bonchev–Trinajstić information content (AvgIpc) is 3.17. The van der Waals surface area contributed by atoms with E-state index in [0.29, 0.717) is 0 Å². The summed E-state index contributed by atoms with van der Waals surface area (Å²) in [5.74, 6) is 2.53. The first-order chi connectivity index (χ1) is 13.6. The van der Waals surface area contributed by atoms with Crippen LogP contribution in [0.4, 0.5) is 19.1 Å². The molecule has 3 heterocycles. The number of nitrogens with one attached hydrogen (secondary N) is 2. The van der Waals surface area contributed by atoms with E-state index in [1.807, 2.05) is 0 Å². The zero-order valence-electron chi connectivity index (χ0n) is 14.7. The third-order valence-electron chi connectivity index (χ3n) is 4.21. The first kappa shape index (κ1) is 20.6. The number of aromatic amines is 1. The van der Waals surface area contributed by atoms with Crippen molar-refractivity contribution in [2.24, 2.45) is 0 Å². The van der Waals surface area contributed by atoms with Gasteiger partial charge in [-0.15, -0.1) is 0 Å². The van der Waals surface area contributed by atoms with Gasteiger partial charge in [0, 0.05) is 12.6 Å². The summed E-state index contributed by atoms with van der Waals surface area (Å²) in [6.07, 6.45) is -6.11. The molecule has 0 bridgehead atoms. The first-order valence-electron chi connectivity index (χ1n) is 8.30. The molecule has 1 amide bonds. The summed E-state index contributed by atoms with van der Waals surface area (Å²) in [7, 11) is 0. The predicted molar refractivity (Wildman–Crippen MR) is 92.3 cm³/mol. The van der Waals surface area contributed by atoms with Crippen LogP contribution in [0, 0.1) is 11.8 Å². The summed E-state index contributed by atoms with van der Waals surface area (Å²) in [4.78, 5) is 29.4. The van der Waals surface area contributed by atoms with Gasteiger partial charge in [-0.3, -0.25) is 14.6 Å². The number of aromatic nitrogens is 3. The number of ether oxygens (including phenoxy) is 1. The number of nitrogens with two attached hydrogens (primary N) is 1. The molecule has 10 nitrogen and oxygen atoms in total. The number of aliphatic hydroxyl groups excluding tert-OH is 2. The highest BCUT2D eigenvalue weighted by molar-refractivity contribution is 5.84. The van der Waals surface area contributed by atoms with Crippen molar-refractivity contribution in [1.82, 2.24) is 19.9 Å². The van der Waals surface area contributed by atoms with Gasteiger partial charge in [0.1, 0.15) is 12.3 Å². The lowest BCUT2D eigenvalue weighted by Crippen LogP contribution is -2.36. The quantitative estimate of drug-likeness (QED) is 0.402. The smallest absolute Gasteiger partial charge is 0.394 e. The van der Waals surface area contributed by atoms with Gasteiger partial charge in [-0.2, -0.15) is 18.2 Å².